The van der Waals surface area contributed by atoms with Crippen LogP contribution in [0.1, 0.15) is 5.69 Å². The fraction of sp³-hybridized carbons (Fsp3) is 0.571. The molecule has 0 saturated carbocycles. The van der Waals surface area contributed by atoms with E-state index in [0.717, 1.165) is 6.26 Å². The maximum absolute atomic E-state index is 12.4. The number of sulfone groups is 1. The van der Waals surface area contributed by atoms with Gasteiger partial charge in [0.05, 0.1) is 12.3 Å². The third-order valence-corrected chi connectivity index (χ3v) is 2.69. The van der Waals surface area contributed by atoms with Gasteiger partial charge in [-0.05, 0) is 0 Å². The quantitative estimate of drug-likeness (QED) is 0.856. The van der Waals surface area contributed by atoms with Crippen LogP contribution in [0.3, 0.4) is 0 Å². The number of aromatic nitrogens is 2. The molecule has 0 unspecified atom stereocenters. The van der Waals surface area contributed by atoms with E-state index in [1.165, 1.54) is 0 Å². The van der Waals surface area contributed by atoms with Crippen molar-refractivity contribution in [3.05, 3.63) is 11.8 Å². The van der Waals surface area contributed by atoms with Gasteiger partial charge in [0.15, 0.2) is 0 Å². The second kappa shape index (κ2) is 3.96. The Morgan fingerprint density at radius 1 is 1.50 bits per heavy atom. The molecule has 0 aliphatic heterocycles. The van der Waals surface area contributed by atoms with Crippen LogP contribution in [0.15, 0.2) is 6.07 Å². The highest BCUT2D eigenvalue weighted by atomic mass is 32.2. The van der Waals surface area contributed by atoms with Crippen LogP contribution in [0, 0.1) is 0 Å². The molecule has 92 valence electrons. The fourth-order valence-electron chi connectivity index (χ4n) is 1.09. The molecule has 1 aromatic rings. The summed E-state index contributed by atoms with van der Waals surface area (Å²) in [6, 6.07) is 0.669. The standard InChI is InChI=1S/C7H10F3N3O2S/c1-16(14,15)3-2-13-5(7(8,9)10)4-6(11)12-13/h4H,2-3H2,1H3,(H2,11,12). The van der Waals surface area contributed by atoms with Crippen molar-refractivity contribution in [1.82, 2.24) is 9.78 Å². The molecule has 9 heteroatoms. The van der Waals surface area contributed by atoms with Gasteiger partial charge in [0.25, 0.3) is 0 Å². The van der Waals surface area contributed by atoms with Gasteiger partial charge in [-0.3, -0.25) is 4.68 Å². The molecule has 0 bridgehead atoms. The Bertz CT molecular complexity index is 478. The Morgan fingerprint density at radius 2 is 2.06 bits per heavy atom. The Balaban J connectivity index is 2.96. The summed E-state index contributed by atoms with van der Waals surface area (Å²) in [5.74, 6) is -0.710. The first kappa shape index (κ1) is 12.8. The lowest BCUT2D eigenvalue weighted by Crippen LogP contribution is -2.19. The van der Waals surface area contributed by atoms with Gasteiger partial charge in [-0.15, -0.1) is 0 Å². The van der Waals surface area contributed by atoms with Crippen LogP contribution in [0.25, 0.3) is 0 Å². The van der Waals surface area contributed by atoms with E-state index in [1.807, 2.05) is 0 Å². The number of nitrogens with two attached hydrogens (primary N) is 1. The minimum Gasteiger partial charge on any atom is -0.382 e. The van der Waals surface area contributed by atoms with Gasteiger partial charge in [-0.1, -0.05) is 0 Å². The summed E-state index contributed by atoms with van der Waals surface area (Å²) in [5.41, 5.74) is 4.09. The maximum atomic E-state index is 12.4. The number of rotatable bonds is 3. The van der Waals surface area contributed by atoms with E-state index in [0.29, 0.717) is 10.7 Å². The molecule has 2 N–H and O–H groups in total. The predicted molar refractivity (Wildman–Crippen MR) is 51.4 cm³/mol. The molecule has 0 atom stereocenters. The SMILES string of the molecule is CS(=O)(=O)CCn1nc(N)cc1C(F)(F)F. The Kier molecular flexibility index (Phi) is 3.17. The van der Waals surface area contributed by atoms with Gasteiger partial charge < -0.3 is 5.73 Å². The van der Waals surface area contributed by atoms with Gasteiger partial charge >= 0.3 is 6.18 Å². The second-order valence-electron chi connectivity index (χ2n) is 3.31. The molecule has 0 amide bonds. The minimum atomic E-state index is -4.60. The van der Waals surface area contributed by atoms with Crippen molar-refractivity contribution in [2.24, 2.45) is 0 Å². The van der Waals surface area contributed by atoms with Crippen LogP contribution in [-0.4, -0.2) is 30.2 Å². The Morgan fingerprint density at radius 3 is 2.50 bits per heavy atom. The Labute approximate surface area is 90.0 Å². The van der Waals surface area contributed by atoms with E-state index >= 15 is 0 Å². The number of aryl methyl sites for hydroxylation is 1. The molecule has 5 nitrogen and oxygen atoms in total. The molecule has 0 aliphatic rings. The molecule has 0 aliphatic carbocycles. The number of nitrogen functional groups attached to an aromatic ring is 1. The first-order valence-electron chi connectivity index (χ1n) is 4.18. The number of hydrogen-bond donors (Lipinski definition) is 1. The zero-order valence-electron chi connectivity index (χ0n) is 8.32. The van der Waals surface area contributed by atoms with Crippen molar-refractivity contribution in [1.29, 1.82) is 0 Å². The van der Waals surface area contributed by atoms with Gasteiger partial charge in [-0.2, -0.15) is 18.3 Å². The zero-order valence-corrected chi connectivity index (χ0v) is 9.14. The third kappa shape index (κ3) is 3.40. The normalized spacial score (nSPS) is 13.0. The molecule has 16 heavy (non-hydrogen) atoms. The number of anilines is 1. The third-order valence-electron chi connectivity index (χ3n) is 1.76. The van der Waals surface area contributed by atoms with Crippen molar-refractivity contribution in [2.75, 3.05) is 17.7 Å². The average Bonchev–Trinajstić information content (AvgIpc) is 2.41. The molecular weight excluding hydrogens is 247 g/mol. The van der Waals surface area contributed by atoms with Gasteiger partial charge in [0.2, 0.25) is 0 Å². The number of nitrogens with zero attached hydrogens (tertiary/aromatic N) is 2. The summed E-state index contributed by atoms with van der Waals surface area (Å²) < 4.78 is 59.4. The smallest absolute Gasteiger partial charge is 0.382 e. The first-order chi connectivity index (χ1) is 7.09. The fourth-order valence-corrected chi connectivity index (χ4v) is 1.59. The highest BCUT2D eigenvalue weighted by Crippen LogP contribution is 2.30. The van der Waals surface area contributed by atoms with Crippen molar-refractivity contribution in [2.45, 2.75) is 12.7 Å². The predicted octanol–water partition coefficient (Wildman–Crippen LogP) is 0.529. The molecule has 0 fully saturated rings. The molecule has 1 aromatic heterocycles. The lowest BCUT2D eigenvalue weighted by atomic mass is 10.4. The highest BCUT2D eigenvalue weighted by molar-refractivity contribution is 7.90. The zero-order chi connectivity index (χ0) is 12.6. The molecular formula is C7H10F3N3O2S. The molecule has 0 spiro atoms. The van der Waals surface area contributed by atoms with E-state index in [1.54, 1.807) is 0 Å². The summed E-state index contributed by atoms with van der Waals surface area (Å²) in [5, 5.41) is 3.39. The van der Waals surface area contributed by atoms with Crippen LogP contribution in [0.4, 0.5) is 19.0 Å². The van der Waals surface area contributed by atoms with Crippen LogP contribution in [0.2, 0.25) is 0 Å². The van der Waals surface area contributed by atoms with Crippen LogP contribution < -0.4 is 5.73 Å². The molecule has 0 radical (unpaired) electrons. The summed E-state index contributed by atoms with van der Waals surface area (Å²) in [6.45, 7) is -0.370. The first-order valence-corrected chi connectivity index (χ1v) is 6.24. The average molecular weight is 257 g/mol. The molecule has 0 saturated heterocycles. The lowest BCUT2D eigenvalue weighted by Gasteiger charge is -2.09. The van der Waals surface area contributed by atoms with Crippen molar-refractivity contribution < 1.29 is 21.6 Å². The van der Waals surface area contributed by atoms with Crippen LogP contribution in [0.5, 0.6) is 0 Å². The van der Waals surface area contributed by atoms with Gasteiger partial charge in [0, 0.05) is 12.3 Å². The highest BCUT2D eigenvalue weighted by Gasteiger charge is 2.35. The molecule has 1 rings (SSSR count). The minimum absolute atomic E-state index is 0.291. The topological polar surface area (TPSA) is 78.0 Å². The van der Waals surface area contributed by atoms with Crippen molar-refractivity contribution in [3.63, 3.8) is 0 Å². The van der Waals surface area contributed by atoms with E-state index < -0.39 is 27.5 Å². The van der Waals surface area contributed by atoms with Crippen molar-refractivity contribution >= 4 is 15.7 Å². The summed E-state index contributed by atoms with van der Waals surface area (Å²) in [6.07, 6.45) is -3.66. The van der Waals surface area contributed by atoms with E-state index in [2.05, 4.69) is 5.10 Å². The van der Waals surface area contributed by atoms with Crippen LogP contribution in [-0.2, 0) is 22.6 Å². The molecule has 0 aromatic carbocycles. The van der Waals surface area contributed by atoms with Gasteiger partial charge in [-0.25, -0.2) is 8.42 Å². The summed E-state index contributed by atoms with van der Waals surface area (Å²) in [4.78, 5) is 0. The monoisotopic (exact) mass is 257 g/mol. The number of alkyl halides is 3. The maximum Gasteiger partial charge on any atom is 0.433 e. The largest absolute Gasteiger partial charge is 0.433 e. The summed E-state index contributed by atoms with van der Waals surface area (Å²) >= 11 is 0. The van der Waals surface area contributed by atoms with E-state index in [9.17, 15) is 21.6 Å². The number of hydrogen-bond acceptors (Lipinski definition) is 4. The van der Waals surface area contributed by atoms with Crippen molar-refractivity contribution in [3.8, 4) is 0 Å². The van der Waals surface area contributed by atoms with Gasteiger partial charge in [0.1, 0.15) is 21.3 Å². The molecule has 1 heterocycles. The lowest BCUT2D eigenvalue weighted by molar-refractivity contribution is -0.144. The van der Waals surface area contributed by atoms with E-state index in [4.69, 9.17) is 5.73 Å². The second-order valence-corrected chi connectivity index (χ2v) is 5.56. The number of halogens is 3. The Hall–Kier alpha value is -1.25. The summed E-state index contributed by atoms with van der Waals surface area (Å²) in [7, 11) is -3.34. The van der Waals surface area contributed by atoms with Crippen LogP contribution >= 0.6 is 0 Å². The van der Waals surface area contributed by atoms with E-state index in [-0.39, 0.29) is 12.4 Å².